The molecule has 0 atom stereocenters. The molecule has 1 N–H and O–H groups in total. The van der Waals surface area contributed by atoms with E-state index in [4.69, 9.17) is 4.91 Å². The zero-order chi connectivity index (χ0) is 13.3. The number of halogens is 2. The van der Waals surface area contributed by atoms with E-state index in [0.717, 1.165) is 18.4 Å². The Labute approximate surface area is 99.6 Å². The Balaban J connectivity index is 0.000000581. The molecule has 17 heavy (non-hydrogen) atoms. The molecule has 1 aliphatic rings. The summed E-state index contributed by atoms with van der Waals surface area (Å²) in [6.07, 6.45) is 2.17. The van der Waals surface area contributed by atoms with E-state index in [9.17, 15) is 8.78 Å². The molecular weight excluding hydrogens is 228 g/mol. The van der Waals surface area contributed by atoms with Crippen molar-refractivity contribution in [2.75, 3.05) is 0 Å². The molecule has 1 aromatic rings. The first-order chi connectivity index (χ1) is 8.27. The Morgan fingerprint density at radius 2 is 1.76 bits per heavy atom. The van der Waals surface area contributed by atoms with Gasteiger partial charge in [-0.05, 0) is 30.4 Å². The summed E-state index contributed by atoms with van der Waals surface area (Å²) in [7, 11) is 0. The summed E-state index contributed by atoms with van der Waals surface area (Å²) >= 11 is 0. The number of para-hydroxylation sites is 1. The van der Waals surface area contributed by atoms with Crippen LogP contribution >= 0.6 is 0 Å². The van der Waals surface area contributed by atoms with Gasteiger partial charge in [0, 0.05) is 0 Å². The van der Waals surface area contributed by atoms with Crippen molar-refractivity contribution in [3.63, 3.8) is 0 Å². The van der Waals surface area contributed by atoms with Crippen LogP contribution in [0.3, 0.4) is 0 Å². The van der Waals surface area contributed by atoms with Crippen LogP contribution in [0.4, 0.5) is 8.78 Å². The highest BCUT2D eigenvalue weighted by molar-refractivity contribution is 5.38. The van der Waals surface area contributed by atoms with E-state index in [1.54, 1.807) is 12.1 Å². The lowest BCUT2D eigenvalue weighted by Crippen LogP contribution is -2.03. The molecule has 0 aliphatic heterocycles. The van der Waals surface area contributed by atoms with E-state index in [2.05, 4.69) is 10.3 Å². The van der Waals surface area contributed by atoms with Crippen molar-refractivity contribution in [2.24, 2.45) is 0 Å². The predicted octanol–water partition coefficient (Wildman–Crippen LogP) is 4.52. The average Bonchev–Trinajstić information content (AvgIpc) is 3.18. The van der Waals surface area contributed by atoms with E-state index in [-0.39, 0.29) is 0 Å². The molecule has 0 spiro atoms. The molecule has 0 saturated heterocycles. The summed E-state index contributed by atoms with van der Waals surface area (Å²) < 4.78 is 28.3. The highest BCUT2D eigenvalue weighted by atomic mass is 19.3. The Morgan fingerprint density at radius 1 is 1.24 bits per heavy atom. The Hall–Kier alpha value is -1.52. The van der Waals surface area contributed by atoms with Crippen molar-refractivity contribution in [2.45, 2.75) is 39.2 Å². The van der Waals surface area contributed by atoms with Crippen molar-refractivity contribution in [1.29, 1.82) is 5.59 Å². The Bertz CT molecular complexity index is 317. The number of benzene rings is 1. The molecule has 3 nitrogen and oxygen atoms in total. The third kappa shape index (κ3) is 5.38. The van der Waals surface area contributed by atoms with Crippen LogP contribution in [0, 0.1) is 10.5 Å². The molecule has 1 aliphatic carbocycles. The number of nitrogens with one attached hydrogen (secondary N) is 1. The maximum absolute atomic E-state index is 12.0. The average molecular weight is 245 g/mol. The van der Waals surface area contributed by atoms with Crippen LogP contribution in [0.1, 0.15) is 38.2 Å². The maximum atomic E-state index is 12.0. The molecular formula is C12H17F2NO2. The number of hydrogen-bond acceptors (Lipinski definition) is 3. The van der Waals surface area contributed by atoms with Gasteiger partial charge in [0.15, 0.2) is 0 Å². The van der Waals surface area contributed by atoms with Crippen molar-refractivity contribution in [1.82, 2.24) is 0 Å². The minimum atomic E-state index is -2.72. The fraction of sp³-hybridized carbons (Fsp3) is 0.500. The normalized spacial score (nSPS) is 13.0. The first-order valence-electron chi connectivity index (χ1n) is 5.51. The second-order valence-corrected chi connectivity index (χ2v) is 3.19. The molecule has 1 aromatic carbocycles. The van der Waals surface area contributed by atoms with Crippen molar-refractivity contribution < 1.29 is 13.5 Å². The number of ether oxygens (including phenoxy) is 1. The molecule has 0 unspecified atom stereocenters. The Kier molecular flexibility index (Phi) is 7.84. The molecule has 1 saturated carbocycles. The summed E-state index contributed by atoms with van der Waals surface area (Å²) in [6.45, 7) is 1.28. The SMILES string of the molecule is CC.FC(F)Oc1ccccc1C1CC1.N=O. The summed E-state index contributed by atoms with van der Waals surface area (Å²) in [5.41, 5.74) is 5.42. The van der Waals surface area contributed by atoms with Gasteiger partial charge >= 0.3 is 6.61 Å². The van der Waals surface area contributed by atoms with E-state index in [0.29, 0.717) is 11.7 Å². The Morgan fingerprint density at radius 3 is 2.24 bits per heavy atom. The molecule has 0 radical (unpaired) electrons. The van der Waals surface area contributed by atoms with Crippen LogP contribution in [0.15, 0.2) is 24.3 Å². The smallest absolute Gasteiger partial charge is 0.387 e. The first-order valence-corrected chi connectivity index (χ1v) is 5.51. The van der Waals surface area contributed by atoms with E-state index in [1.165, 1.54) is 0 Å². The molecule has 0 bridgehead atoms. The lowest BCUT2D eigenvalue weighted by Gasteiger charge is -2.08. The van der Waals surface area contributed by atoms with Crippen LogP contribution in [-0.4, -0.2) is 6.61 Å². The van der Waals surface area contributed by atoms with Gasteiger partial charge in [-0.15, -0.1) is 0 Å². The summed E-state index contributed by atoms with van der Waals surface area (Å²) in [4.78, 5) is 7.50. The highest BCUT2D eigenvalue weighted by Gasteiger charge is 2.27. The summed E-state index contributed by atoms with van der Waals surface area (Å²) in [5.74, 6) is 0.773. The van der Waals surface area contributed by atoms with Gasteiger partial charge in [0.1, 0.15) is 5.75 Å². The lowest BCUT2D eigenvalue weighted by atomic mass is 10.1. The van der Waals surface area contributed by atoms with Gasteiger partial charge in [0.05, 0.1) is 0 Å². The predicted molar refractivity (Wildman–Crippen MR) is 62.5 cm³/mol. The van der Waals surface area contributed by atoms with Crippen LogP contribution < -0.4 is 4.74 Å². The molecule has 96 valence electrons. The molecule has 2 rings (SSSR count). The van der Waals surface area contributed by atoms with Crippen LogP contribution in [0.25, 0.3) is 0 Å². The topological polar surface area (TPSA) is 50.1 Å². The maximum Gasteiger partial charge on any atom is 0.387 e. The standard InChI is InChI=1S/C10H10F2O.C2H6.HNO/c11-10(12)13-9-4-2-1-3-8(9)7-5-6-7;2*1-2/h1-4,7,10H,5-6H2;1-2H3;1H. The molecule has 0 amide bonds. The van der Waals surface area contributed by atoms with Crippen LogP contribution in [-0.2, 0) is 0 Å². The summed E-state index contributed by atoms with van der Waals surface area (Å²) in [5, 5.41) is 0. The third-order valence-corrected chi connectivity index (χ3v) is 2.15. The fourth-order valence-corrected chi connectivity index (χ4v) is 1.42. The van der Waals surface area contributed by atoms with E-state index in [1.807, 2.05) is 26.0 Å². The van der Waals surface area contributed by atoms with Gasteiger partial charge in [0.25, 0.3) is 0 Å². The van der Waals surface area contributed by atoms with Crippen molar-refractivity contribution >= 4 is 0 Å². The number of nitroso groups, excluding NO2 is 1. The largest absolute Gasteiger partial charge is 0.435 e. The number of rotatable bonds is 3. The first kappa shape index (κ1) is 15.5. The van der Waals surface area contributed by atoms with E-state index >= 15 is 0 Å². The van der Waals surface area contributed by atoms with Crippen LogP contribution in [0.5, 0.6) is 5.75 Å². The molecule has 0 aromatic heterocycles. The lowest BCUT2D eigenvalue weighted by molar-refractivity contribution is -0.0504. The number of alkyl halides is 2. The monoisotopic (exact) mass is 245 g/mol. The quantitative estimate of drug-likeness (QED) is 0.796. The highest BCUT2D eigenvalue weighted by Crippen LogP contribution is 2.44. The van der Waals surface area contributed by atoms with Crippen molar-refractivity contribution in [3.05, 3.63) is 34.7 Å². The second kappa shape index (κ2) is 8.61. The van der Waals surface area contributed by atoms with Gasteiger partial charge in [-0.25, -0.2) is 0 Å². The number of hydrogen-bond donors (Lipinski definition) is 1. The minimum Gasteiger partial charge on any atom is -0.435 e. The van der Waals surface area contributed by atoms with Gasteiger partial charge in [0.2, 0.25) is 0 Å². The van der Waals surface area contributed by atoms with Crippen molar-refractivity contribution in [3.8, 4) is 5.75 Å². The van der Waals surface area contributed by atoms with Gasteiger partial charge < -0.3 is 4.74 Å². The van der Waals surface area contributed by atoms with Gasteiger partial charge in [-0.2, -0.15) is 13.7 Å². The minimum absolute atomic E-state index is 0.333. The zero-order valence-electron chi connectivity index (χ0n) is 9.95. The summed E-state index contributed by atoms with van der Waals surface area (Å²) in [6, 6.07) is 7.02. The van der Waals surface area contributed by atoms with Gasteiger partial charge in [-0.1, -0.05) is 37.6 Å². The molecule has 5 heteroatoms. The molecule has 1 fully saturated rings. The van der Waals surface area contributed by atoms with Gasteiger partial charge in [-0.3, -0.25) is 0 Å². The van der Waals surface area contributed by atoms with Crippen LogP contribution in [0.2, 0.25) is 0 Å². The molecule has 0 heterocycles. The second-order valence-electron chi connectivity index (χ2n) is 3.19. The fourth-order valence-electron chi connectivity index (χ4n) is 1.42. The zero-order valence-corrected chi connectivity index (χ0v) is 9.95. The third-order valence-electron chi connectivity index (χ3n) is 2.15. The van der Waals surface area contributed by atoms with E-state index < -0.39 is 6.61 Å².